The number of ether oxygens (including phenoxy) is 3. The monoisotopic (exact) mass is 399 g/mol. The van der Waals surface area contributed by atoms with E-state index in [1.165, 1.54) is 5.56 Å². The first kappa shape index (κ1) is 21.0. The Morgan fingerprint density at radius 2 is 1.52 bits per heavy atom. The lowest BCUT2D eigenvalue weighted by Crippen LogP contribution is -2.48. The molecule has 7 heteroatoms. The highest BCUT2D eigenvalue weighted by atomic mass is 16.5. The number of methoxy groups -OCH3 is 3. The van der Waals surface area contributed by atoms with Crippen molar-refractivity contribution in [3.63, 3.8) is 0 Å². The summed E-state index contributed by atoms with van der Waals surface area (Å²) < 4.78 is 15.8. The Morgan fingerprint density at radius 1 is 0.862 bits per heavy atom. The summed E-state index contributed by atoms with van der Waals surface area (Å²) in [4.78, 5) is 16.9. The number of anilines is 1. The van der Waals surface area contributed by atoms with Crippen LogP contribution in [0.5, 0.6) is 17.2 Å². The van der Waals surface area contributed by atoms with E-state index in [2.05, 4.69) is 21.2 Å². The lowest BCUT2D eigenvalue weighted by Gasteiger charge is -2.34. The molecule has 0 bridgehead atoms. The quantitative estimate of drug-likeness (QED) is 0.736. The van der Waals surface area contributed by atoms with E-state index >= 15 is 0 Å². The van der Waals surface area contributed by atoms with E-state index in [1.54, 1.807) is 21.3 Å². The molecule has 0 spiro atoms. The van der Waals surface area contributed by atoms with Gasteiger partial charge in [0.15, 0.2) is 11.5 Å². The van der Waals surface area contributed by atoms with E-state index in [-0.39, 0.29) is 5.91 Å². The zero-order valence-electron chi connectivity index (χ0n) is 17.3. The largest absolute Gasteiger partial charge is 0.497 e. The topological polar surface area (TPSA) is 63.3 Å². The summed E-state index contributed by atoms with van der Waals surface area (Å²) >= 11 is 0. The summed E-state index contributed by atoms with van der Waals surface area (Å²) in [6.45, 7) is 4.82. The van der Waals surface area contributed by atoms with Crippen molar-refractivity contribution in [1.29, 1.82) is 0 Å². The van der Waals surface area contributed by atoms with E-state index in [0.717, 1.165) is 55.7 Å². The molecule has 1 N–H and O–H groups in total. The van der Waals surface area contributed by atoms with Gasteiger partial charge in [0, 0.05) is 38.4 Å². The van der Waals surface area contributed by atoms with Crippen molar-refractivity contribution in [2.45, 2.75) is 6.54 Å². The van der Waals surface area contributed by atoms with Crippen LogP contribution in [0.15, 0.2) is 42.5 Å². The summed E-state index contributed by atoms with van der Waals surface area (Å²) in [6, 6.07) is 13.4. The number of rotatable bonds is 8. The minimum absolute atomic E-state index is 0.00325. The number of hydrogen-bond donors (Lipinski definition) is 1. The molecule has 1 aliphatic rings. The van der Waals surface area contributed by atoms with E-state index in [4.69, 9.17) is 14.2 Å². The molecular formula is C22H29N3O4. The Labute approximate surface area is 172 Å². The van der Waals surface area contributed by atoms with Crippen molar-refractivity contribution in [3.8, 4) is 17.2 Å². The number of nitrogens with one attached hydrogen (secondary N) is 1. The molecule has 156 valence electrons. The smallest absolute Gasteiger partial charge is 0.238 e. The summed E-state index contributed by atoms with van der Waals surface area (Å²) in [6.07, 6.45) is 0. The number of benzene rings is 2. The van der Waals surface area contributed by atoms with Gasteiger partial charge in [-0.1, -0.05) is 6.07 Å². The molecule has 2 aromatic rings. The van der Waals surface area contributed by atoms with E-state index < -0.39 is 0 Å². The maximum atomic E-state index is 12.3. The van der Waals surface area contributed by atoms with Gasteiger partial charge in [0.1, 0.15) is 5.75 Å². The molecule has 0 saturated carbocycles. The standard InChI is InChI=1S/C22H29N3O4/c1-27-19-7-5-18(6-8-19)23-22(26)16-25-12-10-24(11-13-25)15-17-4-9-20(28-2)21(14-17)29-3/h4-9,14H,10-13,15-16H2,1-3H3,(H,23,26). The lowest BCUT2D eigenvalue weighted by molar-refractivity contribution is -0.117. The fourth-order valence-corrected chi connectivity index (χ4v) is 3.42. The summed E-state index contributed by atoms with van der Waals surface area (Å²) in [7, 11) is 4.91. The third-order valence-electron chi connectivity index (χ3n) is 5.06. The van der Waals surface area contributed by atoms with Gasteiger partial charge < -0.3 is 19.5 Å². The van der Waals surface area contributed by atoms with Crippen molar-refractivity contribution >= 4 is 11.6 Å². The van der Waals surface area contributed by atoms with Gasteiger partial charge in [-0.25, -0.2) is 0 Å². The average molecular weight is 399 g/mol. The number of nitrogens with zero attached hydrogens (tertiary/aromatic N) is 2. The van der Waals surface area contributed by atoms with Crippen LogP contribution in [0, 0.1) is 0 Å². The Kier molecular flexibility index (Phi) is 7.32. The van der Waals surface area contributed by atoms with Gasteiger partial charge in [-0.05, 0) is 42.0 Å². The van der Waals surface area contributed by atoms with Crippen molar-refractivity contribution in [1.82, 2.24) is 9.80 Å². The van der Waals surface area contributed by atoms with E-state index in [1.807, 2.05) is 36.4 Å². The van der Waals surface area contributed by atoms with Crippen LogP contribution in [0.1, 0.15) is 5.56 Å². The Morgan fingerprint density at radius 3 is 2.14 bits per heavy atom. The molecule has 0 radical (unpaired) electrons. The SMILES string of the molecule is COc1ccc(NC(=O)CN2CCN(Cc3ccc(OC)c(OC)c3)CC2)cc1. The minimum Gasteiger partial charge on any atom is -0.497 e. The number of hydrogen-bond acceptors (Lipinski definition) is 6. The molecule has 0 atom stereocenters. The number of piperazine rings is 1. The summed E-state index contributed by atoms with van der Waals surface area (Å²) in [5.74, 6) is 2.26. The Hall–Kier alpha value is -2.77. The normalized spacial score (nSPS) is 15.0. The van der Waals surface area contributed by atoms with Gasteiger partial charge in [-0.15, -0.1) is 0 Å². The zero-order chi connectivity index (χ0) is 20.6. The predicted molar refractivity (Wildman–Crippen MR) is 113 cm³/mol. The summed E-state index contributed by atoms with van der Waals surface area (Å²) in [5.41, 5.74) is 1.97. The number of amides is 1. The highest BCUT2D eigenvalue weighted by molar-refractivity contribution is 5.92. The molecule has 3 rings (SSSR count). The van der Waals surface area contributed by atoms with Crippen LogP contribution in [-0.2, 0) is 11.3 Å². The molecule has 1 fully saturated rings. The maximum Gasteiger partial charge on any atom is 0.238 e. The van der Waals surface area contributed by atoms with Crippen LogP contribution in [0.25, 0.3) is 0 Å². The van der Waals surface area contributed by atoms with Gasteiger partial charge >= 0.3 is 0 Å². The van der Waals surface area contributed by atoms with E-state index in [0.29, 0.717) is 6.54 Å². The van der Waals surface area contributed by atoms with Crippen LogP contribution in [0.4, 0.5) is 5.69 Å². The molecule has 7 nitrogen and oxygen atoms in total. The van der Waals surface area contributed by atoms with Gasteiger partial charge in [0.2, 0.25) is 5.91 Å². The van der Waals surface area contributed by atoms with Gasteiger partial charge in [0.25, 0.3) is 0 Å². The molecule has 2 aromatic carbocycles. The molecule has 0 unspecified atom stereocenters. The van der Waals surface area contributed by atoms with Gasteiger partial charge in [-0.2, -0.15) is 0 Å². The fourth-order valence-electron chi connectivity index (χ4n) is 3.42. The third-order valence-corrected chi connectivity index (χ3v) is 5.06. The molecule has 1 aliphatic heterocycles. The Balaban J connectivity index is 1.44. The molecular weight excluding hydrogens is 370 g/mol. The van der Waals surface area contributed by atoms with Crippen LogP contribution in [0.3, 0.4) is 0 Å². The molecule has 1 amide bonds. The average Bonchev–Trinajstić information content (AvgIpc) is 2.75. The number of carbonyl (C=O) groups excluding carboxylic acids is 1. The van der Waals surface area contributed by atoms with Crippen molar-refractivity contribution in [2.24, 2.45) is 0 Å². The van der Waals surface area contributed by atoms with Gasteiger partial charge in [0.05, 0.1) is 27.9 Å². The molecule has 1 saturated heterocycles. The van der Waals surface area contributed by atoms with Crippen LogP contribution >= 0.6 is 0 Å². The Bertz CT molecular complexity index is 802. The second-order valence-electron chi connectivity index (χ2n) is 7.02. The minimum atomic E-state index is 0.00325. The van der Waals surface area contributed by atoms with Crippen LogP contribution in [-0.4, -0.2) is 69.8 Å². The molecule has 1 heterocycles. The van der Waals surface area contributed by atoms with Gasteiger partial charge in [-0.3, -0.25) is 14.6 Å². The highest BCUT2D eigenvalue weighted by Crippen LogP contribution is 2.28. The predicted octanol–water partition coefficient (Wildman–Crippen LogP) is 2.47. The summed E-state index contributed by atoms with van der Waals surface area (Å²) in [5, 5.41) is 2.94. The zero-order valence-corrected chi connectivity index (χ0v) is 17.3. The first-order chi connectivity index (χ1) is 14.1. The van der Waals surface area contributed by atoms with Crippen LogP contribution in [0.2, 0.25) is 0 Å². The first-order valence-electron chi connectivity index (χ1n) is 9.71. The highest BCUT2D eigenvalue weighted by Gasteiger charge is 2.19. The lowest BCUT2D eigenvalue weighted by atomic mass is 10.1. The molecule has 29 heavy (non-hydrogen) atoms. The van der Waals surface area contributed by atoms with Crippen LogP contribution < -0.4 is 19.5 Å². The van der Waals surface area contributed by atoms with E-state index in [9.17, 15) is 4.79 Å². The van der Waals surface area contributed by atoms with Crippen molar-refractivity contribution < 1.29 is 19.0 Å². The second kappa shape index (κ2) is 10.1. The van der Waals surface area contributed by atoms with Crippen molar-refractivity contribution in [3.05, 3.63) is 48.0 Å². The first-order valence-corrected chi connectivity index (χ1v) is 9.71. The van der Waals surface area contributed by atoms with Crippen molar-refractivity contribution in [2.75, 3.05) is 59.4 Å². The molecule has 0 aliphatic carbocycles. The second-order valence-corrected chi connectivity index (χ2v) is 7.02. The molecule has 0 aromatic heterocycles. The third kappa shape index (κ3) is 5.85. The number of carbonyl (C=O) groups is 1. The maximum absolute atomic E-state index is 12.3. The fraction of sp³-hybridized carbons (Fsp3) is 0.409.